The molecule has 0 aliphatic carbocycles. The molecule has 1 aliphatic rings. The lowest BCUT2D eigenvalue weighted by atomic mass is 10.0. The Kier molecular flexibility index (Phi) is 1.58. The highest BCUT2D eigenvalue weighted by atomic mass is 15.0. The lowest BCUT2D eigenvalue weighted by Crippen LogP contribution is -2.33. The van der Waals surface area contributed by atoms with E-state index in [1.54, 1.807) is 6.33 Å². The second-order valence-corrected chi connectivity index (χ2v) is 2.98. The Bertz CT molecular complexity index is 259. The van der Waals surface area contributed by atoms with Crippen LogP contribution in [-0.4, -0.2) is 16.0 Å². The summed E-state index contributed by atoms with van der Waals surface area (Å²) in [6, 6.07) is 0.563. The Balaban J connectivity index is 2.34. The van der Waals surface area contributed by atoms with E-state index in [1.165, 1.54) is 5.56 Å². The molecule has 0 radical (unpaired) electrons. The van der Waals surface area contributed by atoms with Gasteiger partial charge >= 0.3 is 0 Å². The maximum absolute atomic E-state index is 4.18. The average molecular weight is 149 g/mol. The van der Waals surface area contributed by atoms with Crippen molar-refractivity contribution >= 4 is 0 Å². The lowest BCUT2D eigenvalue weighted by Gasteiger charge is -2.20. The molecular weight excluding hydrogens is 138 g/mol. The van der Waals surface area contributed by atoms with E-state index < -0.39 is 0 Å². The van der Waals surface area contributed by atoms with Crippen molar-refractivity contribution in [3.05, 3.63) is 23.8 Å². The zero-order chi connectivity index (χ0) is 7.68. The van der Waals surface area contributed by atoms with Crippen LogP contribution in [0.15, 0.2) is 12.5 Å². The quantitative estimate of drug-likeness (QED) is 0.584. The van der Waals surface area contributed by atoms with Crippen molar-refractivity contribution in [2.24, 2.45) is 0 Å². The summed E-state index contributed by atoms with van der Waals surface area (Å²) < 4.78 is 0. The molecule has 11 heavy (non-hydrogen) atoms. The third kappa shape index (κ3) is 1.24. The molecule has 2 heterocycles. The molecule has 0 saturated carbocycles. The van der Waals surface area contributed by atoms with E-state index in [0.717, 1.165) is 18.7 Å². The van der Waals surface area contributed by atoms with Crippen molar-refractivity contribution in [3.8, 4) is 0 Å². The highest BCUT2D eigenvalue weighted by molar-refractivity contribution is 5.19. The molecule has 1 aromatic heterocycles. The second-order valence-electron chi connectivity index (χ2n) is 2.98. The van der Waals surface area contributed by atoms with E-state index in [4.69, 9.17) is 0 Å². The fraction of sp³-hybridized carbons (Fsp3) is 0.500. The summed E-state index contributed by atoms with van der Waals surface area (Å²) in [7, 11) is 0. The van der Waals surface area contributed by atoms with Crippen LogP contribution in [0, 0.1) is 0 Å². The van der Waals surface area contributed by atoms with E-state index in [1.807, 2.05) is 6.20 Å². The highest BCUT2D eigenvalue weighted by Gasteiger charge is 2.14. The number of aromatic nitrogens is 2. The van der Waals surface area contributed by atoms with E-state index in [-0.39, 0.29) is 0 Å². The van der Waals surface area contributed by atoms with Gasteiger partial charge in [-0.25, -0.2) is 9.97 Å². The normalized spacial score (nSPS) is 22.8. The Morgan fingerprint density at radius 3 is 3.45 bits per heavy atom. The van der Waals surface area contributed by atoms with Crippen LogP contribution < -0.4 is 5.32 Å². The first-order chi connectivity index (χ1) is 5.36. The Morgan fingerprint density at radius 1 is 1.64 bits per heavy atom. The maximum atomic E-state index is 4.18. The average Bonchev–Trinajstić information content (AvgIpc) is 2.04. The van der Waals surface area contributed by atoms with Gasteiger partial charge in [-0.15, -0.1) is 0 Å². The molecule has 58 valence electrons. The zero-order valence-corrected chi connectivity index (χ0v) is 6.54. The Labute approximate surface area is 65.9 Å². The van der Waals surface area contributed by atoms with Crippen LogP contribution in [0.2, 0.25) is 0 Å². The minimum atomic E-state index is 0.563. The van der Waals surface area contributed by atoms with Crippen molar-refractivity contribution < 1.29 is 0 Å². The van der Waals surface area contributed by atoms with Crippen LogP contribution in [0.5, 0.6) is 0 Å². The topological polar surface area (TPSA) is 37.8 Å². The van der Waals surface area contributed by atoms with Crippen LogP contribution in [0.1, 0.15) is 18.2 Å². The number of nitrogens with zero attached hydrogens (tertiary/aromatic N) is 2. The first kappa shape index (κ1) is 6.73. The molecule has 1 N–H and O–H groups in total. The van der Waals surface area contributed by atoms with Gasteiger partial charge in [0.15, 0.2) is 0 Å². The van der Waals surface area contributed by atoms with Crippen molar-refractivity contribution in [2.45, 2.75) is 25.9 Å². The second kappa shape index (κ2) is 2.58. The predicted octanol–water partition coefficient (Wildman–Crippen LogP) is 0.511. The fourth-order valence-electron chi connectivity index (χ4n) is 1.39. The summed E-state index contributed by atoms with van der Waals surface area (Å²) in [4.78, 5) is 8.17. The van der Waals surface area contributed by atoms with Crippen LogP contribution in [0.3, 0.4) is 0 Å². The van der Waals surface area contributed by atoms with E-state index in [0.29, 0.717) is 6.04 Å². The molecule has 0 fully saturated rings. The van der Waals surface area contributed by atoms with Crippen LogP contribution in [0.25, 0.3) is 0 Å². The molecule has 3 nitrogen and oxygen atoms in total. The van der Waals surface area contributed by atoms with Gasteiger partial charge in [0.1, 0.15) is 6.33 Å². The molecule has 1 aromatic rings. The third-order valence-electron chi connectivity index (χ3n) is 2.03. The molecule has 0 saturated heterocycles. The molecule has 0 spiro atoms. The molecule has 1 aliphatic heterocycles. The minimum Gasteiger partial charge on any atom is -0.308 e. The minimum absolute atomic E-state index is 0.563. The molecule has 1 unspecified atom stereocenters. The van der Waals surface area contributed by atoms with Crippen molar-refractivity contribution in [1.82, 2.24) is 15.3 Å². The lowest BCUT2D eigenvalue weighted by molar-refractivity contribution is 0.502. The number of hydrogen-bond acceptors (Lipinski definition) is 3. The molecule has 2 rings (SSSR count). The van der Waals surface area contributed by atoms with Crippen molar-refractivity contribution in [1.29, 1.82) is 0 Å². The van der Waals surface area contributed by atoms with E-state index in [9.17, 15) is 0 Å². The van der Waals surface area contributed by atoms with Gasteiger partial charge in [0, 0.05) is 18.8 Å². The summed E-state index contributed by atoms with van der Waals surface area (Å²) in [6.07, 6.45) is 4.58. The Morgan fingerprint density at radius 2 is 2.55 bits per heavy atom. The molecule has 0 amide bonds. The summed E-state index contributed by atoms with van der Waals surface area (Å²) in [5.74, 6) is 0. The maximum Gasteiger partial charge on any atom is 0.115 e. The fourth-order valence-corrected chi connectivity index (χ4v) is 1.39. The molecule has 3 heteroatoms. The van der Waals surface area contributed by atoms with E-state index in [2.05, 4.69) is 22.2 Å². The monoisotopic (exact) mass is 149 g/mol. The van der Waals surface area contributed by atoms with Crippen molar-refractivity contribution in [2.75, 3.05) is 0 Å². The van der Waals surface area contributed by atoms with Gasteiger partial charge < -0.3 is 5.32 Å². The highest BCUT2D eigenvalue weighted by Crippen LogP contribution is 2.11. The first-order valence-corrected chi connectivity index (χ1v) is 3.87. The van der Waals surface area contributed by atoms with Crippen LogP contribution >= 0.6 is 0 Å². The predicted molar refractivity (Wildman–Crippen MR) is 42.0 cm³/mol. The SMILES string of the molecule is CC1Cc2cncnc2CN1. The van der Waals surface area contributed by atoms with E-state index >= 15 is 0 Å². The van der Waals surface area contributed by atoms with Gasteiger partial charge in [0.2, 0.25) is 0 Å². The van der Waals surface area contributed by atoms with Gasteiger partial charge in [0.05, 0.1) is 5.69 Å². The van der Waals surface area contributed by atoms with Gasteiger partial charge in [-0.1, -0.05) is 0 Å². The first-order valence-electron chi connectivity index (χ1n) is 3.87. The van der Waals surface area contributed by atoms with Crippen LogP contribution in [0.4, 0.5) is 0 Å². The molecule has 1 atom stereocenters. The smallest absolute Gasteiger partial charge is 0.115 e. The third-order valence-corrected chi connectivity index (χ3v) is 2.03. The number of nitrogens with one attached hydrogen (secondary N) is 1. The number of hydrogen-bond donors (Lipinski definition) is 1. The van der Waals surface area contributed by atoms with Crippen molar-refractivity contribution in [3.63, 3.8) is 0 Å². The molecule has 0 aromatic carbocycles. The summed E-state index contributed by atoms with van der Waals surface area (Å²) in [5, 5.41) is 3.35. The summed E-state index contributed by atoms with van der Waals surface area (Å²) >= 11 is 0. The van der Waals surface area contributed by atoms with Gasteiger partial charge in [-0.2, -0.15) is 0 Å². The van der Waals surface area contributed by atoms with Gasteiger partial charge in [0.25, 0.3) is 0 Å². The number of fused-ring (bicyclic) bond motifs is 1. The summed E-state index contributed by atoms with van der Waals surface area (Å²) in [6.45, 7) is 3.06. The van der Waals surface area contributed by atoms with Gasteiger partial charge in [-0.05, 0) is 18.9 Å². The zero-order valence-electron chi connectivity index (χ0n) is 6.54. The van der Waals surface area contributed by atoms with Gasteiger partial charge in [-0.3, -0.25) is 0 Å². The summed E-state index contributed by atoms with van der Waals surface area (Å²) in [5.41, 5.74) is 2.44. The Hall–Kier alpha value is -0.960. The molecule has 0 bridgehead atoms. The van der Waals surface area contributed by atoms with Crippen LogP contribution in [-0.2, 0) is 13.0 Å². The molecular formula is C8H11N3. The largest absolute Gasteiger partial charge is 0.308 e. The number of rotatable bonds is 0. The standard InChI is InChI=1S/C8H11N3/c1-6-2-7-3-9-5-11-8(7)4-10-6/h3,5-6,10H,2,4H2,1H3.